The quantitative estimate of drug-likeness (QED) is 0.184. The number of benzene rings is 1. The Morgan fingerprint density at radius 3 is 2.39 bits per heavy atom. The lowest BCUT2D eigenvalue weighted by Gasteiger charge is -2.27. The summed E-state index contributed by atoms with van der Waals surface area (Å²) in [6.07, 6.45) is 0.743. The molecule has 2 nitrogen and oxygen atoms in total. The Labute approximate surface area is 159 Å². The van der Waals surface area contributed by atoms with Crippen LogP contribution in [-0.2, 0) is 0 Å². The summed E-state index contributed by atoms with van der Waals surface area (Å²) in [4.78, 5) is 0. The molecular weight excluding hydrogens is 386 g/mol. The van der Waals surface area contributed by atoms with Crippen molar-refractivity contribution in [2.45, 2.75) is 58.0 Å². The molecule has 1 unspecified atom stereocenters. The highest BCUT2D eigenvalue weighted by atomic mass is 19.3. The number of ether oxygens (including phenoxy) is 2. The monoisotopic (exact) mass is 408 g/mol. The van der Waals surface area contributed by atoms with Crippen molar-refractivity contribution in [3.8, 4) is 11.5 Å². The van der Waals surface area contributed by atoms with Gasteiger partial charge in [0.05, 0.1) is 0 Å². The van der Waals surface area contributed by atoms with E-state index < -0.39 is 35.3 Å². The van der Waals surface area contributed by atoms with Gasteiger partial charge in [0.25, 0.3) is 0 Å². The number of hydrogen-bond donors (Lipinski definition) is 0. The predicted molar refractivity (Wildman–Crippen MR) is 92.4 cm³/mol. The van der Waals surface area contributed by atoms with Crippen LogP contribution in [0.2, 0.25) is 0 Å². The fourth-order valence-corrected chi connectivity index (χ4v) is 3.12. The Morgan fingerprint density at radius 1 is 1.18 bits per heavy atom. The van der Waals surface area contributed by atoms with E-state index in [0.717, 1.165) is 25.7 Å². The van der Waals surface area contributed by atoms with Crippen molar-refractivity contribution >= 4 is 0 Å². The van der Waals surface area contributed by atoms with Gasteiger partial charge in [0.1, 0.15) is 5.75 Å². The highest BCUT2D eigenvalue weighted by Gasteiger charge is 2.38. The second-order valence-corrected chi connectivity index (χ2v) is 6.73. The first-order valence-electron chi connectivity index (χ1n) is 9.16. The molecule has 1 aliphatic carbocycles. The third-order valence-electron chi connectivity index (χ3n) is 4.59. The molecule has 0 saturated carbocycles. The molecule has 28 heavy (non-hydrogen) atoms. The van der Waals surface area contributed by atoms with Crippen LogP contribution in [0, 0.1) is 17.6 Å². The molecule has 0 aliphatic heterocycles. The van der Waals surface area contributed by atoms with Gasteiger partial charge in [0.15, 0.2) is 23.6 Å². The van der Waals surface area contributed by atoms with E-state index in [4.69, 9.17) is 0 Å². The lowest BCUT2D eigenvalue weighted by Crippen LogP contribution is -2.29. The lowest BCUT2D eigenvalue weighted by molar-refractivity contribution is -0.145. The molecule has 0 fully saturated rings. The summed E-state index contributed by atoms with van der Waals surface area (Å²) in [5, 5.41) is 0. The van der Waals surface area contributed by atoms with E-state index in [1.165, 1.54) is 6.08 Å². The van der Waals surface area contributed by atoms with E-state index in [9.17, 15) is 26.3 Å². The maximum absolute atomic E-state index is 14.4. The molecule has 8 heteroatoms. The maximum Gasteiger partial charge on any atom is 0.422 e. The van der Waals surface area contributed by atoms with Crippen LogP contribution < -0.4 is 9.47 Å². The molecule has 0 amide bonds. The summed E-state index contributed by atoms with van der Waals surface area (Å²) in [7, 11) is 0. The number of alkyl halides is 2. The van der Waals surface area contributed by atoms with Gasteiger partial charge in [-0.1, -0.05) is 38.7 Å². The molecule has 1 aliphatic rings. The molecule has 2 rings (SSSR count). The van der Waals surface area contributed by atoms with E-state index >= 15 is 0 Å². The van der Waals surface area contributed by atoms with Gasteiger partial charge in [-0.05, 0) is 25.2 Å². The van der Waals surface area contributed by atoms with Crippen molar-refractivity contribution in [3.05, 3.63) is 47.8 Å². The fraction of sp³-hybridized carbons (Fsp3) is 0.500. The molecule has 0 bridgehead atoms. The second kappa shape index (κ2) is 9.89. The minimum Gasteiger partial charge on any atom is -0.453 e. The molecular formula is C20H22F6O2. The van der Waals surface area contributed by atoms with Gasteiger partial charge >= 0.3 is 12.2 Å². The molecule has 0 N–H and O–H groups in total. The van der Waals surface area contributed by atoms with Crippen molar-refractivity contribution in [1.82, 2.24) is 0 Å². The zero-order chi connectivity index (χ0) is 20.7. The van der Waals surface area contributed by atoms with Gasteiger partial charge in [-0.2, -0.15) is 17.6 Å². The lowest BCUT2D eigenvalue weighted by atomic mass is 9.85. The van der Waals surface area contributed by atoms with Crippen LogP contribution in [0.5, 0.6) is 11.5 Å². The van der Waals surface area contributed by atoms with Crippen LogP contribution in [0.25, 0.3) is 0 Å². The van der Waals surface area contributed by atoms with Crippen LogP contribution in [0.15, 0.2) is 36.1 Å². The van der Waals surface area contributed by atoms with E-state index in [1.807, 2.05) is 0 Å². The molecule has 1 atom stereocenters. The van der Waals surface area contributed by atoms with Crippen molar-refractivity contribution in [2.24, 2.45) is 5.92 Å². The smallest absolute Gasteiger partial charge is 0.422 e. The van der Waals surface area contributed by atoms with Gasteiger partial charge in [0.2, 0.25) is 0 Å². The number of unbranched alkanes of at least 4 members (excludes halogenated alkanes) is 2. The van der Waals surface area contributed by atoms with Gasteiger partial charge in [-0.25, -0.2) is 8.78 Å². The third-order valence-corrected chi connectivity index (χ3v) is 4.59. The molecule has 0 spiro atoms. The van der Waals surface area contributed by atoms with Crippen molar-refractivity contribution < 1.29 is 35.8 Å². The number of hydrogen-bond acceptors (Lipinski definition) is 2. The average molecular weight is 408 g/mol. The summed E-state index contributed by atoms with van der Waals surface area (Å²) >= 11 is 0. The van der Waals surface area contributed by atoms with Crippen LogP contribution in [0.1, 0.15) is 51.9 Å². The first-order chi connectivity index (χ1) is 13.2. The highest BCUT2D eigenvalue weighted by Crippen LogP contribution is 2.38. The van der Waals surface area contributed by atoms with Crippen LogP contribution in [0.4, 0.5) is 26.3 Å². The highest BCUT2D eigenvalue weighted by molar-refractivity contribution is 5.36. The minimum atomic E-state index is -3.72. The summed E-state index contributed by atoms with van der Waals surface area (Å²) in [5.41, 5.74) is -0.234. The van der Waals surface area contributed by atoms with Gasteiger partial charge in [-0.15, -0.1) is 0 Å². The van der Waals surface area contributed by atoms with Crippen LogP contribution in [-0.4, -0.2) is 6.11 Å². The Morgan fingerprint density at radius 2 is 1.86 bits per heavy atom. The summed E-state index contributed by atoms with van der Waals surface area (Å²) in [5.74, 6) is -4.41. The van der Waals surface area contributed by atoms with Gasteiger partial charge < -0.3 is 9.47 Å². The Bertz CT molecular complexity index is 702. The van der Waals surface area contributed by atoms with Crippen molar-refractivity contribution in [2.75, 3.05) is 0 Å². The van der Waals surface area contributed by atoms with Gasteiger partial charge in [0, 0.05) is 17.7 Å². The predicted octanol–water partition coefficient (Wildman–Crippen LogP) is 7.36. The first-order valence-corrected chi connectivity index (χ1v) is 9.16. The van der Waals surface area contributed by atoms with E-state index in [0.29, 0.717) is 30.9 Å². The molecule has 156 valence electrons. The molecule has 0 saturated heterocycles. The molecule has 0 heterocycles. The molecule has 1 aromatic carbocycles. The Hall–Kier alpha value is -2.12. The fourth-order valence-electron chi connectivity index (χ4n) is 3.12. The average Bonchev–Trinajstić information content (AvgIpc) is 2.61. The van der Waals surface area contributed by atoms with E-state index in [1.54, 1.807) is 0 Å². The molecule has 1 aromatic rings. The molecule has 0 aromatic heterocycles. The van der Waals surface area contributed by atoms with Crippen LogP contribution in [0.3, 0.4) is 0 Å². The van der Waals surface area contributed by atoms with Crippen molar-refractivity contribution in [3.63, 3.8) is 0 Å². The van der Waals surface area contributed by atoms with Gasteiger partial charge in [-0.3, -0.25) is 0 Å². The topological polar surface area (TPSA) is 18.5 Å². The first kappa shape index (κ1) is 22.2. The van der Waals surface area contributed by atoms with E-state index in [-0.39, 0.29) is 18.3 Å². The van der Waals surface area contributed by atoms with Crippen LogP contribution >= 0.6 is 0 Å². The SMILES string of the molecule is CCCCCC1CC=C(C(F)(F)Oc2cc(F)c(OC=C(F)F)c(F)c2)CC1. The standard InChI is InChI=1S/C20H22F6O2/c1-2-3-4-5-13-6-8-14(9-7-13)20(25,26)28-15-10-16(21)19(17(22)11-15)27-12-18(23)24/h8,10-13H,2-7,9H2,1H3. The summed E-state index contributed by atoms with van der Waals surface area (Å²) < 4.78 is 89.0. The largest absolute Gasteiger partial charge is 0.453 e. The van der Waals surface area contributed by atoms with Crippen molar-refractivity contribution in [1.29, 1.82) is 0 Å². The number of allylic oxidation sites excluding steroid dienone is 1. The normalized spacial score (nSPS) is 17.1. The number of rotatable bonds is 9. The molecule has 0 radical (unpaired) electrons. The van der Waals surface area contributed by atoms with E-state index in [2.05, 4.69) is 16.4 Å². The number of halogens is 6. The zero-order valence-corrected chi connectivity index (χ0v) is 15.4. The minimum absolute atomic E-state index is 0.135. The zero-order valence-electron chi connectivity index (χ0n) is 15.4. The second-order valence-electron chi connectivity index (χ2n) is 6.73. The third kappa shape index (κ3) is 6.21. The summed E-state index contributed by atoms with van der Waals surface area (Å²) in [6, 6.07) is 0.931. The maximum atomic E-state index is 14.4. The summed E-state index contributed by atoms with van der Waals surface area (Å²) in [6.45, 7) is 2.09. The Kier molecular flexibility index (Phi) is 7.83. The Balaban J connectivity index is 2.05.